The number of rotatable bonds is 4. The molecule has 1 aliphatic rings. The lowest BCUT2D eigenvalue weighted by atomic mass is 10.1. The summed E-state index contributed by atoms with van der Waals surface area (Å²) in [5.74, 6) is 0. The summed E-state index contributed by atoms with van der Waals surface area (Å²) >= 11 is 1.88. The van der Waals surface area contributed by atoms with Crippen molar-refractivity contribution in [3.63, 3.8) is 0 Å². The van der Waals surface area contributed by atoms with Crippen molar-refractivity contribution < 1.29 is 0 Å². The molecule has 0 radical (unpaired) electrons. The van der Waals surface area contributed by atoms with Gasteiger partial charge >= 0.3 is 0 Å². The zero-order valence-corrected chi connectivity index (χ0v) is 11.1. The van der Waals surface area contributed by atoms with E-state index < -0.39 is 0 Å². The van der Waals surface area contributed by atoms with Crippen molar-refractivity contribution in [3.05, 3.63) is 33.8 Å². The van der Waals surface area contributed by atoms with Crippen molar-refractivity contribution in [3.8, 4) is 0 Å². The lowest BCUT2D eigenvalue weighted by molar-refractivity contribution is 0.241. The molecule has 0 saturated heterocycles. The molecule has 3 heterocycles. The van der Waals surface area contributed by atoms with Gasteiger partial charge in [0.1, 0.15) is 0 Å². The molecule has 0 aromatic carbocycles. The average molecular weight is 263 g/mol. The standard InChI is InChI=1S/C12H17N5S/c13-7-11-9-17(15-14-11)5-4-16-3-1-12-10(8-16)2-6-18-12/h2,6,9H,1,3-5,7-8,13H2. The second-order valence-corrected chi connectivity index (χ2v) is 5.57. The molecule has 6 heteroatoms. The summed E-state index contributed by atoms with van der Waals surface area (Å²) in [6, 6.07) is 2.24. The Balaban J connectivity index is 1.55. The molecule has 0 bridgehead atoms. The first-order valence-electron chi connectivity index (χ1n) is 6.22. The van der Waals surface area contributed by atoms with Gasteiger partial charge in [0, 0.05) is 37.3 Å². The van der Waals surface area contributed by atoms with Gasteiger partial charge in [-0.05, 0) is 23.4 Å². The van der Waals surface area contributed by atoms with Crippen LogP contribution in [0.2, 0.25) is 0 Å². The summed E-state index contributed by atoms with van der Waals surface area (Å²) in [5.41, 5.74) is 7.87. The van der Waals surface area contributed by atoms with Crippen LogP contribution in [-0.4, -0.2) is 33.0 Å². The van der Waals surface area contributed by atoms with Crippen molar-refractivity contribution in [1.82, 2.24) is 19.9 Å². The zero-order valence-electron chi connectivity index (χ0n) is 10.2. The molecule has 2 aromatic rings. The molecule has 0 saturated carbocycles. The molecule has 96 valence electrons. The lowest BCUT2D eigenvalue weighted by Crippen LogP contribution is -2.32. The van der Waals surface area contributed by atoms with Crippen LogP contribution in [-0.2, 0) is 26.1 Å². The van der Waals surface area contributed by atoms with Crippen LogP contribution in [0.4, 0.5) is 0 Å². The van der Waals surface area contributed by atoms with Crippen LogP contribution in [0.25, 0.3) is 0 Å². The SMILES string of the molecule is NCc1cn(CCN2CCc3sccc3C2)nn1. The highest BCUT2D eigenvalue weighted by Crippen LogP contribution is 2.23. The van der Waals surface area contributed by atoms with Gasteiger partial charge in [0.2, 0.25) is 0 Å². The first-order chi connectivity index (χ1) is 8.85. The maximum Gasteiger partial charge on any atom is 0.0962 e. The maximum atomic E-state index is 5.52. The third kappa shape index (κ3) is 2.45. The Morgan fingerprint density at radius 2 is 2.33 bits per heavy atom. The van der Waals surface area contributed by atoms with Crippen molar-refractivity contribution in [2.75, 3.05) is 13.1 Å². The highest BCUT2D eigenvalue weighted by Gasteiger charge is 2.16. The normalized spacial score (nSPS) is 15.8. The van der Waals surface area contributed by atoms with E-state index in [-0.39, 0.29) is 0 Å². The van der Waals surface area contributed by atoms with E-state index in [1.165, 1.54) is 12.0 Å². The molecular formula is C12H17N5S. The van der Waals surface area contributed by atoms with Gasteiger partial charge in [-0.1, -0.05) is 5.21 Å². The minimum Gasteiger partial charge on any atom is -0.325 e. The smallest absolute Gasteiger partial charge is 0.0962 e. The number of hydrogen-bond acceptors (Lipinski definition) is 5. The Labute approximate surface area is 110 Å². The van der Waals surface area contributed by atoms with E-state index in [0.717, 1.165) is 31.9 Å². The van der Waals surface area contributed by atoms with Gasteiger partial charge in [-0.3, -0.25) is 9.58 Å². The molecule has 1 aliphatic heterocycles. The van der Waals surface area contributed by atoms with Crippen LogP contribution in [0.15, 0.2) is 17.6 Å². The Morgan fingerprint density at radius 1 is 1.39 bits per heavy atom. The van der Waals surface area contributed by atoms with Crippen molar-refractivity contribution in [1.29, 1.82) is 0 Å². The first kappa shape index (κ1) is 11.8. The predicted molar refractivity (Wildman–Crippen MR) is 71.2 cm³/mol. The molecule has 0 amide bonds. The Bertz CT molecular complexity index is 518. The molecule has 5 nitrogen and oxygen atoms in total. The summed E-state index contributed by atoms with van der Waals surface area (Å²) in [7, 11) is 0. The van der Waals surface area contributed by atoms with E-state index >= 15 is 0 Å². The van der Waals surface area contributed by atoms with E-state index in [0.29, 0.717) is 6.54 Å². The van der Waals surface area contributed by atoms with Gasteiger partial charge in [0.05, 0.1) is 12.2 Å². The Morgan fingerprint density at radius 3 is 3.17 bits per heavy atom. The largest absolute Gasteiger partial charge is 0.325 e. The molecule has 0 atom stereocenters. The van der Waals surface area contributed by atoms with Gasteiger partial charge in [-0.2, -0.15) is 0 Å². The highest BCUT2D eigenvalue weighted by molar-refractivity contribution is 7.10. The van der Waals surface area contributed by atoms with Crippen LogP contribution in [0.5, 0.6) is 0 Å². The van der Waals surface area contributed by atoms with Gasteiger partial charge in [0.25, 0.3) is 0 Å². The molecule has 0 fully saturated rings. The molecule has 2 aromatic heterocycles. The van der Waals surface area contributed by atoms with Crippen LogP contribution in [0.1, 0.15) is 16.1 Å². The third-order valence-electron chi connectivity index (χ3n) is 3.33. The zero-order chi connectivity index (χ0) is 12.4. The monoisotopic (exact) mass is 263 g/mol. The van der Waals surface area contributed by atoms with Gasteiger partial charge in [0.15, 0.2) is 0 Å². The van der Waals surface area contributed by atoms with E-state index in [2.05, 4.69) is 26.7 Å². The topological polar surface area (TPSA) is 60.0 Å². The summed E-state index contributed by atoms with van der Waals surface area (Å²) in [4.78, 5) is 4.02. The summed E-state index contributed by atoms with van der Waals surface area (Å²) in [6.07, 6.45) is 3.11. The van der Waals surface area contributed by atoms with Crippen LogP contribution >= 0.6 is 11.3 Å². The van der Waals surface area contributed by atoms with E-state index in [1.54, 1.807) is 4.88 Å². The highest BCUT2D eigenvalue weighted by atomic mass is 32.1. The number of nitrogens with zero attached hydrogens (tertiary/aromatic N) is 4. The summed E-state index contributed by atoms with van der Waals surface area (Å²) in [5, 5.41) is 10.3. The van der Waals surface area contributed by atoms with Crippen molar-refractivity contribution >= 4 is 11.3 Å². The predicted octanol–water partition coefficient (Wildman–Crippen LogP) is 0.857. The molecule has 2 N–H and O–H groups in total. The van der Waals surface area contributed by atoms with Gasteiger partial charge in [-0.15, -0.1) is 16.4 Å². The molecule has 0 unspecified atom stereocenters. The fourth-order valence-electron chi connectivity index (χ4n) is 2.28. The Kier molecular flexibility index (Phi) is 3.40. The van der Waals surface area contributed by atoms with E-state index in [1.807, 2.05) is 22.2 Å². The van der Waals surface area contributed by atoms with Crippen molar-refractivity contribution in [2.24, 2.45) is 5.73 Å². The minimum absolute atomic E-state index is 0.460. The fraction of sp³-hybridized carbons (Fsp3) is 0.500. The Hall–Kier alpha value is -1.24. The molecule has 18 heavy (non-hydrogen) atoms. The second-order valence-electron chi connectivity index (χ2n) is 4.57. The number of hydrogen-bond donors (Lipinski definition) is 1. The van der Waals surface area contributed by atoms with Gasteiger partial charge < -0.3 is 5.73 Å². The number of fused-ring (bicyclic) bond motifs is 1. The number of aromatic nitrogens is 3. The van der Waals surface area contributed by atoms with Gasteiger partial charge in [-0.25, -0.2) is 0 Å². The number of thiophene rings is 1. The lowest BCUT2D eigenvalue weighted by Gasteiger charge is -2.26. The third-order valence-corrected chi connectivity index (χ3v) is 4.35. The first-order valence-corrected chi connectivity index (χ1v) is 7.10. The van der Waals surface area contributed by atoms with Crippen LogP contribution < -0.4 is 5.73 Å². The molecule has 3 rings (SSSR count). The van der Waals surface area contributed by atoms with E-state index in [4.69, 9.17) is 5.73 Å². The number of nitrogens with two attached hydrogens (primary N) is 1. The van der Waals surface area contributed by atoms with E-state index in [9.17, 15) is 0 Å². The molecule has 0 spiro atoms. The fourth-order valence-corrected chi connectivity index (χ4v) is 3.17. The summed E-state index contributed by atoms with van der Waals surface area (Å²) in [6.45, 7) is 4.57. The maximum absolute atomic E-state index is 5.52. The molecular weight excluding hydrogens is 246 g/mol. The second kappa shape index (κ2) is 5.17. The van der Waals surface area contributed by atoms with Crippen LogP contribution in [0.3, 0.4) is 0 Å². The van der Waals surface area contributed by atoms with Crippen LogP contribution in [0, 0.1) is 0 Å². The molecule has 0 aliphatic carbocycles. The quantitative estimate of drug-likeness (QED) is 0.888. The average Bonchev–Trinajstić information content (AvgIpc) is 3.04. The summed E-state index contributed by atoms with van der Waals surface area (Å²) < 4.78 is 1.88. The minimum atomic E-state index is 0.460. The van der Waals surface area contributed by atoms with Crippen molar-refractivity contribution in [2.45, 2.75) is 26.1 Å².